The Kier molecular flexibility index (Phi) is 4.30. The predicted octanol–water partition coefficient (Wildman–Crippen LogP) is 1.54. The second-order valence-electron chi connectivity index (χ2n) is 4.65. The van der Waals surface area contributed by atoms with Crippen molar-refractivity contribution in [3.05, 3.63) is 48.5 Å². The number of hydrogen-bond donors (Lipinski definition) is 1. The highest BCUT2D eigenvalue weighted by atomic mass is 16.2. The molecule has 0 radical (unpaired) electrons. The monoisotopic (exact) mass is 272 g/mol. The minimum Gasteiger partial charge on any atom is -0.323 e. The van der Waals surface area contributed by atoms with E-state index in [4.69, 9.17) is 0 Å². The lowest BCUT2D eigenvalue weighted by Crippen LogP contribution is -2.25. The molecule has 20 heavy (non-hydrogen) atoms. The van der Waals surface area contributed by atoms with Crippen molar-refractivity contribution < 1.29 is 14.2 Å². The van der Waals surface area contributed by atoms with Crippen LogP contribution in [0.1, 0.15) is 23.7 Å². The Balaban J connectivity index is 1.96. The number of benzene rings is 1. The number of nitrogens with zero attached hydrogens (tertiary/aromatic N) is 2. The lowest BCUT2D eigenvalue weighted by atomic mass is 10.1. The lowest BCUT2D eigenvalue weighted by molar-refractivity contribution is -0.671. The molecule has 0 saturated carbocycles. The Morgan fingerprint density at radius 3 is 2.50 bits per heavy atom. The molecular formula is C15H18N3O2+. The summed E-state index contributed by atoms with van der Waals surface area (Å²) in [6.45, 7) is 2.09. The molecule has 0 fully saturated rings. The van der Waals surface area contributed by atoms with E-state index in [2.05, 4.69) is 5.32 Å². The van der Waals surface area contributed by atoms with Crippen LogP contribution in [0.5, 0.6) is 0 Å². The van der Waals surface area contributed by atoms with Crippen LogP contribution in [0.3, 0.4) is 0 Å². The van der Waals surface area contributed by atoms with Gasteiger partial charge >= 0.3 is 0 Å². The van der Waals surface area contributed by atoms with Crippen LogP contribution in [0, 0.1) is 0 Å². The predicted molar refractivity (Wildman–Crippen MR) is 75.3 cm³/mol. The minimum atomic E-state index is -0.101. The summed E-state index contributed by atoms with van der Waals surface area (Å²) in [5, 5.41) is 2.80. The van der Waals surface area contributed by atoms with Crippen molar-refractivity contribution in [1.82, 2.24) is 4.57 Å². The number of carbonyl (C=O) groups excluding carboxylic acids is 2. The first-order valence-corrected chi connectivity index (χ1v) is 6.52. The second-order valence-corrected chi connectivity index (χ2v) is 4.65. The number of anilines is 1. The van der Waals surface area contributed by atoms with Gasteiger partial charge in [-0.3, -0.25) is 9.59 Å². The first-order chi connectivity index (χ1) is 9.58. The van der Waals surface area contributed by atoms with Crippen LogP contribution in [-0.2, 0) is 18.4 Å². The Bertz CT molecular complexity index is 614. The molecule has 1 aromatic carbocycles. The van der Waals surface area contributed by atoms with Crippen molar-refractivity contribution in [2.24, 2.45) is 7.05 Å². The molecule has 5 heteroatoms. The molecule has 1 heterocycles. The zero-order valence-electron chi connectivity index (χ0n) is 11.7. The molecule has 1 N–H and O–H groups in total. The number of hydrogen-bond acceptors (Lipinski definition) is 2. The van der Waals surface area contributed by atoms with Gasteiger partial charge in [-0.05, 0) is 24.3 Å². The number of aryl methyl sites for hydroxylation is 1. The van der Waals surface area contributed by atoms with E-state index in [-0.39, 0.29) is 18.2 Å². The van der Waals surface area contributed by atoms with E-state index in [9.17, 15) is 9.59 Å². The van der Waals surface area contributed by atoms with Gasteiger partial charge < -0.3 is 5.32 Å². The molecule has 0 saturated heterocycles. The normalized spacial score (nSPS) is 10.3. The van der Waals surface area contributed by atoms with Gasteiger partial charge in [-0.25, -0.2) is 9.13 Å². The van der Waals surface area contributed by atoms with Gasteiger partial charge in [0.2, 0.25) is 6.33 Å². The van der Waals surface area contributed by atoms with Gasteiger partial charge in [0.25, 0.3) is 5.91 Å². The largest absolute Gasteiger partial charge is 0.323 e. The van der Waals surface area contributed by atoms with Crippen LogP contribution in [0.15, 0.2) is 43.0 Å². The number of aromatic nitrogens is 2. The maximum atomic E-state index is 11.9. The van der Waals surface area contributed by atoms with Crippen LogP contribution in [0.2, 0.25) is 0 Å². The van der Waals surface area contributed by atoms with Crippen LogP contribution in [0.4, 0.5) is 5.69 Å². The van der Waals surface area contributed by atoms with Crippen molar-refractivity contribution in [2.75, 3.05) is 5.32 Å². The summed E-state index contributed by atoms with van der Waals surface area (Å²) in [7, 11) is 1.90. The van der Waals surface area contributed by atoms with Crippen LogP contribution in [0.25, 0.3) is 0 Å². The van der Waals surface area contributed by atoms with E-state index in [0.717, 1.165) is 0 Å². The van der Waals surface area contributed by atoms with E-state index in [1.165, 1.54) is 0 Å². The van der Waals surface area contributed by atoms with Gasteiger partial charge in [0.1, 0.15) is 12.4 Å². The van der Waals surface area contributed by atoms with E-state index >= 15 is 0 Å². The highest BCUT2D eigenvalue weighted by Crippen LogP contribution is 2.11. The van der Waals surface area contributed by atoms with Crippen molar-refractivity contribution in [1.29, 1.82) is 0 Å². The molecule has 0 spiro atoms. The second kappa shape index (κ2) is 6.14. The number of carbonyl (C=O) groups is 2. The first kappa shape index (κ1) is 14.0. The number of nitrogens with one attached hydrogen (secondary N) is 1. The third kappa shape index (κ3) is 3.54. The molecule has 0 unspecified atom stereocenters. The SMILES string of the molecule is CCC(=O)c1ccc(NC(=O)Cn2cc[n+](C)c2)cc1. The Labute approximate surface area is 117 Å². The molecule has 104 valence electrons. The number of amides is 1. The van der Waals surface area contributed by atoms with E-state index in [1.54, 1.807) is 28.8 Å². The van der Waals surface area contributed by atoms with Crippen LogP contribution < -0.4 is 9.88 Å². The lowest BCUT2D eigenvalue weighted by Gasteiger charge is -2.04. The fraction of sp³-hybridized carbons (Fsp3) is 0.267. The molecule has 5 nitrogen and oxygen atoms in total. The highest BCUT2D eigenvalue weighted by Gasteiger charge is 2.09. The maximum absolute atomic E-state index is 11.9. The molecular weight excluding hydrogens is 254 g/mol. The average molecular weight is 272 g/mol. The van der Waals surface area contributed by atoms with Gasteiger partial charge in [0.05, 0.1) is 7.05 Å². The van der Waals surface area contributed by atoms with Gasteiger partial charge in [0.15, 0.2) is 12.3 Å². The Morgan fingerprint density at radius 2 is 1.95 bits per heavy atom. The third-order valence-corrected chi connectivity index (χ3v) is 2.96. The summed E-state index contributed by atoms with van der Waals surface area (Å²) in [5.41, 5.74) is 1.36. The molecule has 2 rings (SSSR count). The summed E-state index contributed by atoms with van der Waals surface area (Å²) < 4.78 is 3.67. The fourth-order valence-corrected chi connectivity index (χ4v) is 1.91. The molecule has 0 atom stereocenters. The quantitative estimate of drug-likeness (QED) is 0.663. The van der Waals surface area contributed by atoms with Gasteiger partial charge in [-0.2, -0.15) is 0 Å². The summed E-state index contributed by atoms with van der Waals surface area (Å²) in [6.07, 6.45) is 6.03. The van der Waals surface area contributed by atoms with Crippen molar-refractivity contribution in [3.8, 4) is 0 Å². The zero-order valence-corrected chi connectivity index (χ0v) is 11.7. The molecule has 0 aliphatic heterocycles. The average Bonchev–Trinajstić information content (AvgIpc) is 2.84. The van der Waals surface area contributed by atoms with E-state index in [0.29, 0.717) is 17.7 Å². The molecule has 2 aromatic rings. The molecule has 0 aliphatic rings. The number of Topliss-reactive ketones (excluding diaryl/α,β-unsaturated/α-hetero) is 1. The van der Waals surface area contributed by atoms with E-state index < -0.39 is 0 Å². The fourth-order valence-electron chi connectivity index (χ4n) is 1.91. The molecule has 1 aromatic heterocycles. The van der Waals surface area contributed by atoms with Crippen molar-refractivity contribution in [3.63, 3.8) is 0 Å². The van der Waals surface area contributed by atoms with Crippen LogP contribution >= 0.6 is 0 Å². The van der Waals surface area contributed by atoms with Crippen molar-refractivity contribution >= 4 is 17.4 Å². The Morgan fingerprint density at radius 1 is 1.25 bits per heavy atom. The maximum Gasteiger partial charge on any atom is 0.266 e. The minimum absolute atomic E-state index is 0.0997. The highest BCUT2D eigenvalue weighted by molar-refractivity contribution is 5.97. The summed E-state index contributed by atoms with van der Waals surface area (Å²) in [5.74, 6) is -0.00140. The van der Waals surface area contributed by atoms with E-state index in [1.807, 2.05) is 37.3 Å². The summed E-state index contributed by atoms with van der Waals surface area (Å²) in [4.78, 5) is 23.4. The number of ketones is 1. The van der Waals surface area contributed by atoms with Crippen LogP contribution in [-0.4, -0.2) is 16.3 Å². The standard InChI is InChI=1S/C15H17N3O2/c1-3-14(19)12-4-6-13(7-5-12)16-15(20)10-18-9-8-17(2)11-18/h4-9,11H,3,10H2,1-2H3/p+1. The topological polar surface area (TPSA) is 55.0 Å². The summed E-state index contributed by atoms with van der Waals surface area (Å²) in [6, 6.07) is 6.96. The summed E-state index contributed by atoms with van der Waals surface area (Å²) >= 11 is 0. The van der Waals surface area contributed by atoms with Gasteiger partial charge in [0, 0.05) is 17.7 Å². The number of imidazole rings is 1. The molecule has 0 aliphatic carbocycles. The van der Waals surface area contributed by atoms with Gasteiger partial charge in [-0.15, -0.1) is 0 Å². The molecule has 1 amide bonds. The zero-order chi connectivity index (χ0) is 14.5. The van der Waals surface area contributed by atoms with Crippen molar-refractivity contribution in [2.45, 2.75) is 19.9 Å². The smallest absolute Gasteiger partial charge is 0.266 e. The Hall–Kier alpha value is -2.43. The number of rotatable bonds is 5. The molecule has 0 bridgehead atoms. The third-order valence-electron chi connectivity index (χ3n) is 2.96. The van der Waals surface area contributed by atoms with Gasteiger partial charge in [-0.1, -0.05) is 6.92 Å². The first-order valence-electron chi connectivity index (χ1n) is 6.52.